The minimum atomic E-state index is -0.346. The highest BCUT2D eigenvalue weighted by atomic mass is 16.7. The summed E-state index contributed by atoms with van der Waals surface area (Å²) in [6.07, 6.45) is 6.86. The van der Waals surface area contributed by atoms with Gasteiger partial charge in [-0.15, -0.1) is 0 Å². The molecule has 0 aliphatic rings. The van der Waals surface area contributed by atoms with Crippen LogP contribution >= 0.6 is 0 Å². The van der Waals surface area contributed by atoms with Crippen LogP contribution in [0.3, 0.4) is 0 Å². The van der Waals surface area contributed by atoms with E-state index >= 15 is 0 Å². The summed E-state index contributed by atoms with van der Waals surface area (Å²) in [5, 5.41) is 0. The molecule has 0 saturated heterocycles. The number of allylic oxidation sites excluding steroid dienone is 2. The molecular weight excluding hydrogens is 368 g/mol. The fourth-order valence-corrected chi connectivity index (χ4v) is 2.72. The van der Waals surface area contributed by atoms with E-state index in [-0.39, 0.29) is 12.8 Å². The van der Waals surface area contributed by atoms with Crippen molar-refractivity contribution in [3.8, 4) is 11.5 Å². The highest BCUT2D eigenvalue weighted by molar-refractivity contribution is 5.89. The molecule has 5 nitrogen and oxygen atoms in total. The summed E-state index contributed by atoms with van der Waals surface area (Å²) in [6, 6.07) is 11.2. The van der Waals surface area contributed by atoms with Crippen LogP contribution in [0.5, 0.6) is 11.5 Å². The smallest absolute Gasteiger partial charge is 0.337 e. The first-order valence-corrected chi connectivity index (χ1v) is 9.31. The van der Waals surface area contributed by atoms with Gasteiger partial charge in [0.25, 0.3) is 0 Å². The molecule has 0 spiro atoms. The standard InChI is InChI=1S/C24H28O5/c1-17(2)6-11-21-14-19(15-22(27-4)23(21)29-16-26-3)8-7-18-9-12-20(13-10-18)24(25)28-5/h6-10,12-15H,11,16H2,1-5H3. The zero-order valence-corrected chi connectivity index (χ0v) is 17.7. The number of rotatable bonds is 9. The van der Waals surface area contributed by atoms with Gasteiger partial charge in [-0.05, 0) is 55.7 Å². The largest absolute Gasteiger partial charge is 0.493 e. The Morgan fingerprint density at radius 2 is 1.66 bits per heavy atom. The minimum absolute atomic E-state index is 0.153. The molecule has 0 fully saturated rings. The number of hydrogen-bond donors (Lipinski definition) is 0. The second-order valence-electron chi connectivity index (χ2n) is 6.69. The van der Waals surface area contributed by atoms with Crippen molar-refractivity contribution in [3.63, 3.8) is 0 Å². The van der Waals surface area contributed by atoms with Crippen LogP contribution in [0.4, 0.5) is 0 Å². The number of ether oxygens (including phenoxy) is 4. The number of hydrogen-bond acceptors (Lipinski definition) is 5. The van der Waals surface area contributed by atoms with E-state index in [9.17, 15) is 4.79 Å². The SMILES string of the molecule is COCOc1c(CC=C(C)C)cc(C=Cc2ccc(C(=O)OC)cc2)cc1OC. The van der Waals surface area contributed by atoms with Crippen LogP contribution in [0.15, 0.2) is 48.0 Å². The first-order chi connectivity index (χ1) is 14.0. The third-order valence-corrected chi connectivity index (χ3v) is 4.23. The molecule has 0 bridgehead atoms. The lowest BCUT2D eigenvalue weighted by Crippen LogP contribution is -2.04. The van der Waals surface area contributed by atoms with Gasteiger partial charge in [0.2, 0.25) is 0 Å². The van der Waals surface area contributed by atoms with Gasteiger partial charge in [0, 0.05) is 12.7 Å². The fraction of sp³-hybridized carbons (Fsp3) is 0.292. The molecule has 2 rings (SSSR count). The van der Waals surface area contributed by atoms with Crippen molar-refractivity contribution < 1.29 is 23.7 Å². The van der Waals surface area contributed by atoms with E-state index < -0.39 is 0 Å². The Morgan fingerprint density at radius 1 is 0.966 bits per heavy atom. The molecule has 0 atom stereocenters. The van der Waals surface area contributed by atoms with Gasteiger partial charge in [0.05, 0.1) is 19.8 Å². The van der Waals surface area contributed by atoms with Crippen LogP contribution in [-0.2, 0) is 15.9 Å². The van der Waals surface area contributed by atoms with E-state index in [1.165, 1.54) is 12.7 Å². The monoisotopic (exact) mass is 396 g/mol. The van der Waals surface area contributed by atoms with Crippen LogP contribution in [0.1, 0.15) is 40.9 Å². The van der Waals surface area contributed by atoms with Crippen LogP contribution in [0, 0.1) is 0 Å². The van der Waals surface area contributed by atoms with E-state index in [1.54, 1.807) is 26.4 Å². The van der Waals surface area contributed by atoms with Crippen molar-refractivity contribution in [1.82, 2.24) is 0 Å². The molecule has 154 valence electrons. The Labute approximate surface area is 172 Å². The quantitative estimate of drug-likeness (QED) is 0.254. The summed E-state index contributed by atoms with van der Waals surface area (Å²) in [4.78, 5) is 11.5. The van der Waals surface area contributed by atoms with Gasteiger partial charge < -0.3 is 18.9 Å². The van der Waals surface area contributed by atoms with Gasteiger partial charge in [0.1, 0.15) is 0 Å². The summed E-state index contributed by atoms with van der Waals surface area (Å²) in [5.74, 6) is 0.995. The average molecular weight is 396 g/mol. The van der Waals surface area contributed by atoms with E-state index in [4.69, 9.17) is 18.9 Å². The van der Waals surface area contributed by atoms with E-state index in [1.807, 2.05) is 30.4 Å². The molecule has 5 heteroatoms. The van der Waals surface area contributed by atoms with Gasteiger partial charge in [-0.25, -0.2) is 4.79 Å². The molecule has 0 N–H and O–H groups in total. The Balaban J connectivity index is 2.33. The molecule has 0 aromatic heterocycles. The topological polar surface area (TPSA) is 54.0 Å². The number of esters is 1. The molecule has 0 heterocycles. The van der Waals surface area contributed by atoms with Crippen molar-refractivity contribution >= 4 is 18.1 Å². The molecule has 2 aromatic carbocycles. The van der Waals surface area contributed by atoms with Crippen LogP contribution in [0.2, 0.25) is 0 Å². The van der Waals surface area contributed by atoms with E-state index in [0.717, 1.165) is 23.1 Å². The van der Waals surface area contributed by atoms with Gasteiger partial charge >= 0.3 is 5.97 Å². The van der Waals surface area contributed by atoms with Crippen LogP contribution in [-0.4, -0.2) is 34.1 Å². The van der Waals surface area contributed by atoms with Crippen LogP contribution < -0.4 is 9.47 Å². The molecule has 0 radical (unpaired) electrons. The van der Waals surface area contributed by atoms with Gasteiger partial charge in [-0.2, -0.15) is 0 Å². The number of carbonyl (C=O) groups excluding carboxylic acids is 1. The maximum absolute atomic E-state index is 11.5. The number of benzene rings is 2. The molecule has 0 amide bonds. The molecule has 0 aliphatic heterocycles. The van der Waals surface area contributed by atoms with E-state index in [2.05, 4.69) is 26.0 Å². The molecular formula is C24H28O5. The lowest BCUT2D eigenvalue weighted by Gasteiger charge is -2.15. The Kier molecular flexibility index (Phi) is 8.49. The summed E-state index contributed by atoms with van der Waals surface area (Å²) in [6.45, 7) is 4.28. The lowest BCUT2D eigenvalue weighted by molar-refractivity contribution is 0.0485. The molecule has 0 unspecified atom stereocenters. The average Bonchev–Trinajstić information content (AvgIpc) is 2.74. The van der Waals surface area contributed by atoms with E-state index in [0.29, 0.717) is 17.1 Å². The maximum atomic E-state index is 11.5. The van der Waals surface area contributed by atoms with Crippen molar-refractivity contribution in [2.24, 2.45) is 0 Å². The third kappa shape index (κ3) is 6.50. The van der Waals surface area contributed by atoms with Crippen molar-refractivity contribution in [3.05, 3.63) is 70.3 Å². The third-order valence-electron chi connectivity index (χ3n) is 4.23. The van der Waals surface area contributed by atoms with Gasteiger partial charge in [-0.3, -0.25) is 0 Å². The summed E-state index contributed by atoms with van der Waals surface area (Å²) in [7, 11) is 4.58. The summed E-state index contributed by atoms with van der Waals surface area (Å²) >= 11 is 0. The highest BCUT2D eigenvalue weighted by Crippen LogP contribution is 2.34. The Morgan fingerprint density at radius 3 is 2.24 bits per heavy atom. The molecule has 0 aliphatic carbocycles. The van der Waals surface area contributed by atoms with Crippen molar-refractivity contribution in [2.75, 3.05) is 28.1 Å². The Hall–Kier alpha value is -3.05. The first kappa shape index (κ1) is 22.2. The number of carbonyl (C=O) groups is 1. The minimum Gasteiger partial charge on any atom is -0.493 e. The lowest BCUT2D eigenvalue weighted by atomic mass is 10.0. The first-order valence-electron chi connectivity index (χ1n) is 9.31. The summed E-state index contributed by atoms with van der Waals surface area (Å²) in [5.41, 5.74) is 4.73. The fourth-order valence-electron chi connectivity index (χ4n) is 2.72. The van der Waals surface area contributed by atoms with Crippen LogP contribution in [0.25, 0.3) is 12.2 Å². The van der Waals surface area contributed by atoms with Crippen molar-refractivity contribution in [1.29, 1.82) is 0 Å². The predicted octanol–water partition coefficient (Wildman–Crippen LogP) is 5.14. The second kappa shape index (κ2) is 11.1. The second-order valence-corrected chi connectivity index (χ2v) is 6.69. The van der Waals surface area contributed by atoms with Crippen molar-refractivity contribution in [2.45, 2.75) is 20.3 Å². The molecule has 0 saturated carbocycles. The zero-order valence-electron chi connectivity index (χ0n) is 17.7. The highest BCUT2D eigenvalue weighted by Gasteiger charge is 2.12. The number of methoxy groups -OCH3 is 3. The van der Waals surface area contributed by atoms with Gasteiger partial charge in [0.15, 0.2) is 18.3 Å². The normalized spacial score (nSPS) is 10.7. The zero-order chi connectivity index (χ0) is 21.2. The maximum Gasteiger partial charge on any atom is 0.337 e. The Bertz CT molecular complexity index is 875. The summed E-state index contributed by atoms with van der Waals surface area (Å²) < 4.78 is 21.1. The predicted molar refractivity (Wildman–Crippen MR) is 115 cm³/mol. The molecule has 2 aromatic rings. The molecule has 29 heavy (non-hydrogen) atoms. The van der Waals surface area contributed by atoms with Gasteiger partial charge in [-0.1, -0.05) is 35.9 Å².